The number of thiazole rings is 1. The molecule has 5 aliphatic rings. The smallest absolute Gasteiger partial charge is 0.408 e. The lowest BCUT2D eigenvalue weighted by Crippen LogP contribution is -2.56. The lowest BCUT2D eigenvalue weighted by atomic mass is 10.0. The highest BCUT2D eigenvalue weighted by Gasteiger charge is 2.61. The van der Waals surface area contributed by atoms with E-state index in [1.54, 1.807) is 7.11 Å². The summed E-state index contributed by atoms with van der Waals surface area (Å²) in [5.74, 6) is -1.33. The number of nitrogens with zero attached hydrogens (tertiary/aromatic N) is 3. The van der Waals surface area contributed by atoms with E-state index in [1.807, 2.05) is 41.8 Å². The van der Waals surface area contributed by atoms with Gasteiger partial charge >= 0.3 is 12.1 Å². The maximum atomic E-state index is 14.5. The molecule has 3 aromatic rings. The van der Waals surface area contributed by atoms with Gasteiger partial charge in [0, 0.05) is 41.3 Å². The molecule has 292 valence electrons. The van der Waals surface area contributed by atoms with Crippen molar-refractivity contribution in [1.29, 1.82) is 0 Å². The first-order valence-electron chi connectivity index (χ1n) is 19.6. The molecule has 2 aliphatic heterocycles. The van der Waals surface area contributed by atoms with E-state index in [9.17, 15) is 24.3 Å². The van der Waals surface area contributed by atoms with Gasteiger partial charge in [-0.1, -0.05) is 25.0 Å². The van der Waals surface area contributed by atoms with E-state index in [2.05, 4.69) is 16.0 Å². The van der Waals surface area contributed by atoms with Crippen molar-refractivity contribution in [2.75, 3.05) is 19.0 Å². The van der Waals surface area contributed by atoms with E-state index >= 15 is 0 Å². The number of benzene rings is 1. The van der Waals surface area contributed by atoms with Crippen molar-refractivity contribution in [3.63, 3.8) is 0 Å². The fourth-order valence-corrected chi connectivity index (χ4v) is 8.83. The average molecular weight is 773 g/mol. The Hall–Kier alpha value is -4.92. The average Bonchev–Trinajstić information content (AvgIpc) is 3.87. The second-order valence-electron chi connectivity index (χ2n) is 15.5. The van der Waals surface area contributed by atoms with Crippen LogP contribution >= 0.6 is 11.3 Å². The van der Waals surface area contributed by atoms with Crippen molar-refractivity contribution in [2.24, 2.45) is 5.92 Å². The summed E-state index contributed by atoms with van der Waals surface area (Å²) >= 11 is 1.51. The van der Waals surface area contributed by atoms with Crippen LogP contribution in [0.25, 0.3) is 22.3 Å². The first-order chi connectivity index (χ1) is 26.7. The van der Waals surface area contributed by atoms with Gasteiger partial charge in [0.25, 0.3) is 0 Å². The van der Waals surface area contributed by atoms with E-state index in [-0.39, 0.29) is 31.4 Å². The molecule has 2 aromatic heterocycles. The van der Waals surface area contributed by atoms with E-state index in [0.29, 0.717) is 52.7 Å². The van der Waals surface area contributed by atoms with Crippen molar-refractivity contribution >= 4 is 51.2 Å². The Morgan fingerprint density at radius 2 is 1.82 bits per heavy atom. The highest BCUT2D eigenvalue weighted by molar-refractivity contribution is 7.14. The standard InChI is InChI=1S/C40H48N6O8S/c1-52-26-15-16-28-30(17-26)42-31(32-22-55-38(43-32)41-24-13-14-24)19-34(28)53-27-18-33-35(47)45-40(37(49)50)20-23(40)9-5-3-2-4-6-12-29(36(48)46(33)21-27)44-39(51)54-25-10-7-8-11-25/h5,9,15-17,19,22-25,27,29,33H,2-4,6-8,10-14,18,20-21H2,1H3,(H,41,43)(H,44,51)(H,45,47)(H,49,50)/t23?,27-,29+,33+,40-/m1/s1. The van der Waals surface area contributed by atoms with E-state index in [0.717, 1.165) is 62.9 Å². The Bertz CT molecular complexity index is 1980. The molecule has 4 heterocycles. The monoisotopic (exact) mass is 772 g/mol. The zero-order valence-corrected chi connectivity index (χ0v) is 31.8. The molecule has 1 saturated heterocycles. The predicted molar refractivity (Wildman–Crippen MR) is 205 cm³/mol. The van der Waals surface area contributed by atoms with Crippen LogP contribution in [0.1, 0.15) is 83.5 Å². The van der Waals surface area contributed by atoms with Gasteiger partial charge in [-0.2, -0.15) is 0 Å². The molecule has 3 aliphatic carbocycles. The van der Waals surface area contributed by atoms with E-state index < -0.39 is 47.6 Å². The maximum Gasteiger partial charge on any atom is 0.408 e. The van der Waals surface area contributed by atoms with E-state index in [4.69, 9.17) is 24.2 Å². The molecule has 5 atom stereocenters. The second-order valence-corrected chi connectivity index (χ2v) is 16.3. The Balaban J connectivity index is 1.10. The summed E-state index contributed by atoms with van der Waals surface area (Å²) in [5, 5.41) is 22.8. The minimum absolute atomic E-state index is 0.0393. The minimum atomic E-state index is -1.44. The third-order valence-electron chi connectivity index (χ3n) is 11.4. The van der Waals surface area contributed by atoms with Crippen LogP contribution in [0, 0.1) is 5.92 Å². The summed E-state index contributed by atoms with van der Waals surface area (Å²) in [4.78, 5) is 65.6. The van der Waals surface area contributed by atoms with Gasteiger partial charge in [0.15, 0.2) is 5.13 Å². The molecule has 4 N–H and O–H groups in total. The SMILES string of the molecule is COc1ccc2c(O[C@@H]3C[C@H]4C(=O)N[C@]5(C(=O)O)CC5C=CCCCCC[C@H](NC(=O)OC5CCCC5)C(=O)N4C3)cc(-c3csc(NC4CC4)n3)nc2c1. The number of hydrogen-bond acceptors (Lipinski definition) is 11. The fourth-order valence-electron chi connectivity index (χ4n) is 8.05. The van der Waals surface area contributed by atoms with Crippen LogP contribution in [0.5, 0.6) is 11.5 Å². The number of carbonyl (C=O) groups excluding carboxylic acids is 3. The molecule has 1 unspecified atom stereocenters. The summed E-state index contributed by atoms with van der Waals surface area (Å²) in [6.45, 7) is 0.0393. The molecule has 14 nitrogen and oxygen atoms in total. The molecule has 0 bridgehead atoms. The maximum absolute atomic E-state index is 14.5. The normalized spacial score (nSPS) is 27.3. The third kappa shape index (κ3) is 8.21. The van der Waals surface area contributed by atoms with Crippen molar-refractivity contribution in [3.8, 4) is 22.9 Å². The van der Waals surface area contributed by atoms with Crippen LogP contribution in [0.15, 0.2) is 41.8 Å². The van der Waals surface area contributed by atoms with Crippen LogP contribution in [0.4, 0.5) is 9.93 Å². The topological polar surface area (TPSA) is 181 Å². The molecule has 0 spiro atoms. The lowest BCUT2D eigenvalue weighted by molar-refractivity contribution is -0.145. The zero-order chi connectivity index (χ0) is 38.1. The number of pyridine rings is 1. The fraction of sp³-hybridized carbons (Fsp3) is 0.550. The number of methoxy groups -OCH3 is 1. The highest BCUT2D eigenvalue weighted by Crippen LogP contribution is 2.45. The van der Waals surface area contributed by atoms with Crippen molar-refractivity contribution in [2.45, 2.75) is 119 Å². The van der Waals surface area contributed by atoms with Crippen molar-refractivity contribution < 1.29 is 38.5 Å². The number of aliphatic carboxylic acids is 1. The van der Waals surface area contributed by atoms with Gasteiger partial charge in [-0.3, -0.25) is 9.59 Å². The third-order valence-corrected chi connectivity index (χ3v) is 12.2. The van der Waals surface area contributed by atoms with Gasteiger partial charge in [0.05, 0.1) is 24.9 Å². The predicted octanol–water partition coefficient (Wildman–Crippen LogP) is 5.81. The Kier molecular flexibility index (Phi) is 10.6. The number of alkyl carbamates (subject to hydrolysis) is 1. The summed E-state index contributed by atoms with van der Waals surface area (Å²) in [7, 11) is 1.59. The van der Waals surface area contributed by atoms with Gasteiger partial charge in [-0.05, 0) is 76.3 Å². The number of ether oxygens (including phenoxy) is 3. The first-order valence-corrected chi connectivity index (χ1v) is 20.4. The number of allylic oxidation sites excluding steroid dienone is 1. The molecule has 3 amide bonds. The Morgan fingerprint density at radius 1 is 1.00 bits per heavy atom. The minimum Gasteiger partial charge on any atom is -0.497 e. The molecule has 15 heteroatoms. The molecule has 0 radical (unpaired) electrons. The molecular weight excluding hydrogens is 725 g/mol. The number of hydrogen-bond donors (Lipinski definition) is 4. The number of rotatable bonds is 9. The van der Waals surface area contributed by atoms with Gasteiger partial charge in [-0.25, -0.2) is 19.6 Å². The number of carboxylic acids is 1. The molecule has 55 heavy (non-hydrogen) atoms. The molecular formula is C40H48N6O8S. The van der Waals surface area contributed by atoms with Gasteiger partial charge in [-0.15, -0.1) is 11.3 Å². The van der Waals surface area contributed by atoms with Crippen molar-refractivity contribution in [3.05, 3.63) is 41.8 Å². The zero-order valence-electron chi connectivity index (χ0n) is 31.0. The van der Waals surface area contributed by atoms with Crippen LogP contribution in [0.2, 0.25) is 0 Å². The quantitative estimate of drug-likeness (QED) is 0.193. The van der Waals surface area contributed by atoms with Gasteiger partial charge in [0.2, 0.25) is 11.8 Å². The molecule has 1 aromatic carbocycles. The summed E-state index contributed by atoms with van der Waals surface area (Å²) in [6, 6.07) is 5.80. The Labute approximate surface area is 323 Å². The van der Waals surface area contributed by atoms with Crippen LogP contribution in [-0.4, -0.2) is 93.4 Å². The van der Waals surface area contributed by atoms with Crippen LogP contribution in [-0.2, 0) is 19.1 Å². The summed E-state index contributed by atoms with van der Waals surface area (Å²) in [6.07, 6.45) is 12.0. The number of carbonyl (C=O) groups is 4. The van der Waals surface area contributed by atoms with Crippen LogP contribution < -0.4 is 25.4 Å². The number of fused-ring (bicyclic) bond motifs is 3. The Morgan fingerprint density at radius 3 is 2.60 bits per heavy atom. The van der Waals surface area contributed by atoms with Crippen molar-refractivity contribution in [1.82, 2.24) is 25.5 Å². The number of carboxylic acid groups (broad SMARTS) is 1. The number of amides is 3. The second kappa shape index (κ2) is 15.7. The molecule has 4 fully saturated rings. The highest BCUT2D eigenvalue weighted by atomic mass is 32.1. The number of aromatic nitrogens is 2. The first kappa shape index (κ1) is 37.0. The van der Waals surface area contributed by atoms with E-state index in [1.165, 1.54) is 16.2 Å². The summed E-state index contributed by atoms with van der Waals surface area (Å²) in [5.41, 5.74) is 0.459. The molecule has 8 rings (SSSR count). The number of anilines is 1. The van der Waals surface area contributed by atoms with Crippen LogP contribution in [0.3, 0.4) is 0 Å². The molecule has 3 saturated carbocycles. The largest absolute Gasteiger partial charge is 0.497 e. The van der Waals surface area contributed by atoms with Gasteiger partial charge < -0.3 is 40.2 Å². The lowest BCUT2D eigenvalue weighted by Gasteiger charge is -2.29. The summed E-state index contributed by atoms with van der Waals surface area (Å²) < 4.78 is 17.9. The van der Waals surface area contributed by atoms with Gasteiger partial charge in [0.1, 0.15) is 47.0 Å². The number of nitrogens with one attached hydrogen (secondary N) is 3.